The van der Waals surface area contributed by atoms with Gasteiger partial charge in [0, 0.05) is 5.92 Å². The van der Waals surface area contributed by atoms with Crippen LogP contribution in [-0.4, -0.2) is 6.10 Å². The molecule has 1 aromatic carbocycles. The van der Waals surface area contributed by atoms with Crippen LogP contribution in [0.15, 0.2) is 42.5 Å². The number of ether oxygens (including phenoxy) is 1. The topological polar surface area (TPSA) is 9.23 Å². The molecule has 96 valence electrons. The number of benzene rings is 1. The third kappa shape index (κ3) is 2.24. The third-order valence-electron chi connectivity index (χ3n) is 4.54. The monoisotopic (exact) mass is 242 g/mol. The van der Waals surface area contributed by atoms with Crippen LogP contribution in [-0.2, 0) is 4.74 Å². The maximum absolute atomic E-state index is 6.36. The van der Waals surface area contributed by atoms with Crippen LogP contribution >= 0.6 is 0 Å². The first-order valence-electron chi connectivity index (χ1n) is 7.12. The summed E-state index contributed by atoms with van der Waals surface area (Å²) in [6.07, 6.45) is 5.43. The van der Waals surface area contributed by atoms with Gasteiger partial charge in [0.05, 0.1) is 12.2 Å². The van der Waals surface area contributed by atoms with E-state index in [2.05, 4.69) is 43.8 Å². The van der Waals surface area contributed by atoms with Crippen LogP contribution in [0.1, 0.15) is 44.3 Å². The van der Waals surface area contributed by atoms with Gasteiger partial charge in [-0.2, -0.15) is 0 Å². The molecule has 18 heavy (non-hydrogen) atoms. The highest BCUT2D eigenvalue weighted by atomic mass is 16.5. The molecule has 1 aliphatic carbocycles. The molecule has 0 unspecified atom stereocenters. The summed E-state index contributed by atoms with van der Waals surface area (Å²) in [7, 11) is 0. The summed E-state index contributed by atoms with van der Waals surface area (Å²) in [6.45, 7) is 6.66. The standard InChI is InChI=1S/C17H22O/c1-12-8-9-15-13(2)11-16(18-17(15)10-12)14-6-4-3-5-7-14/h3-7,12,15-17H,2,8-11H2,1H3/t12-,15+,16-,17+/m0/s1. The number of fused-ring (bicyclic) bond motifs is 1. The highest BCUT2D eigenvalue weighted by Gasteiger charge is 2.37. The van der Waals surface area contributed by atoms with E-state index in [1.54, 1.807) is 0 Å². The lowest BCUT2D eigenvalue weighted by atomic mass is 9.74. The molecule has 4 atom stereocenters. The quantitative estimate of drug-likeness (QED) is 0.658. The Morgan fingerprint density at radius 3 is 2.72 bits per heavy atom. The molecule has 2 fully saturated rings. The second-order valence-corrected chi connectivity index (χ2v) is 5.96. The Balaban J connectivity index is 1.78. The zero-order chi connectivity index (χ0) is 12.5. The van der Waals surface area contributed by atoms with E-state index in [0.717, 1.165) is 12.3 Å². The van der Waals surface area contributed by atoms with Crippen LogP contribution in [0, 0.1) is 11.8 Å². The summed E-state index contributed by atoms with van der Waals surface area (Å²) in [5.74, 6) is 1.41. The molecule has 1 saturated heterocycles. The van der Waals surface area contributed by atoms with Crippen LogP contribution in [0.2, 0.25) is 0 Å². The summed E-state index contributed by atoms with van der Waals surface area (Å²) < 4.78 is 6.36. The maximum Gasteiger partial charge on any atom is 0.0866 e. The van der Waals surface area contributed by atoms with E-state index in [1.165, 1.54) is 30.4 Å². The Morgan fingerprint density at radius 2 is 1.94 bits per heavy atom. The molecule has 0 spiro atoms. The number of rotatable bonds is 1. The lowest BCUT2D eigenvalue weighted by molar-refractivity contribution is -0.0857. The van der Waals surface area contributed by atoms with Crippen molar-refractivity contribution >= 4 is 0 Å². The smallest absolute Gasteiger partial charge is 0.0866 e. The molecule has 0 radical (unpaired) electrons. The molecule has 3 rings (SSSR count). The van der Waals surface area contributed by atoms with E-state index in [0.29, 0.717) is 12.0 Å². The molecule has 1 heteroatoms. The van der Waals surface area contributed by atoms with Crippen molar-refractivity contribution < 1.29 is 4.74 Å². The van der Waals surface area contributed by atoms with Gasteiger partial charge in [0.2, 0.25) is 0 Å². The fourth-order valence-electron chi connectivity index (χ4n) is 3.46. The van der Waals surface area contributed by atoms with Crippen molar-refractivity contribution in [2.45, 2.75) is 44.8 Å². The Bertz CT molecular complexity index is 422. The average Bonchev–Trinajstić information content (AvgIpc) is 2.39. The fourth-order valence-corrected chi connectivity index (χ4v) is 3.46. The van der Waals surface area contributed by atoms with Crippen LogP contribution in [0.25, 0.3) is 0 Å². The Kier molecular flexibility index (Phi) is 3.25. The Labute approximate surface area is 110 Å². The summed E-state index contributed by atoms with van der Waals surface area (Å²) in [5.41, 5.74) is 2.71. The van der Waals surface area contributed by atoms with Gasteiger partial charge in [-0.05, 0) is 37.2 Å². The van der Waals surface area contributed by atoms with Gasteiger partial charge in [-0.3, -0.25) is 0 Å². The molecule has 0 bridgehead atoms. The summed E-state index contributed by atoms with van der Waals surface area (Å²) in [5, 5.41) is 0. The zero-order valence-corrected chi connectivity index (χ0v) is 11.1. The van der Waals surface area contributed by atoms with Crippen molar-refractivity contribution in [3.8, 4) is 0 Å². The minimum Gasteiger partial charge on any atom is -0.369 e. The molecule has 1 heterocycles. The summed E-state index contributed by atoms with van der Waals surface area (Å²) in [6, 6.07) is 10.6. The highest BCUT2D eigenvalue weighted by Crippen LogP contribution is 2.44. The van der Waals surface area contributed by atoms with Gasteiger partial charge in [-0.25, -0.2) is 0 Å². The zero-order valence-electron chi connectivity index (χ0n) is 11.1. The molecule has 0 amide bonds. The van der Waals surface area contributed by atoms with Crippen LogP contribution in [0.3, 0.4) is 0 Å². The van der Waals surface area contributed by atoms with Gasteiger partial charge in [0.1, 0.15) is 0 Å². The highest BCUT2D eigenvalue weighted by molar-refractivity contribution is 5.22. The van der Waals surface area contributed by atoms with E-state index < -0.39 is 0 Å². The van der Waals surface area contributed by atoms with Crippen LogP contribution in [0.4, 0.5) is 0 Å². The van der Waals surface area contributed by atoms with E-state index in [9.17, 15) is 0 Å². The fraction of sp³-hybridized carbons (Fsp3) is 0.529. The van der Waals surface area contributed by atoms with Crippen LogP contribution in [0.5, 0.6) is 0 Å². The second kappa shape index (κ2) is 4.89. The van der Waals surface area contributed by atoms with E-state index in [4.69, 9.17) is 4.74 Å². The number of hydrogen-bond donors (Lipinski definition) is 0. The first-order valence-corrected chi connectivity index (χ1v) is 7.12. The second-order valence-electron chi connectivity index (χ2n) is 5.96. The SMILES string of the molecule is C=C1C[C@@H](c2ccccc2)O[C@@H]2C[C@@H](C)CC[C@H]12. The van der Waals surface area contributed by atoms with Gasteiger partial charge in [0.15, 0.2) is 0 Å². The Hall–Kier alpha value is -1.08. The molecule has 2 aliphatic rings. The predicted octanol–water partition coefficient (Wildman–Crippen LogP) is 4.51. The minimum atomic E-state index is 0.227. The Morgan fingerprint density at radius 1 is 1.17 bits per heavy atom. The van der Waals surface area contributed by atoms with Gasteiger partial charge in [0.25, 0.3) is 0 Å². The van der Waals surface area contributed by atoms with Crippen molar-refractivity contribution in [2.24, 2.45) is 11.8 Å². The molecule has 1 aromatic rings. The van der Waals surface area contributed by atoms with E-state index in [-0.39, 0.29) is 6.10 Å². The summed E-state index contributed by atoms with van der Waals surface area (Å²) >= 11 is 0. The molecule has 1 aliphatic heterocycles. The lowest BCUT2D eigenvalue weighted by Crippen LogP contribution is -2.37. The maximum atomic E-state index is 6.36. The lowest BCUT2D eigenvalue weighted by Gasteiger charge is -2.43. The molecule has 0 N–H and O–H groups in total. The predicted molar refractivity (Wildman–Crippen MR) is 74.3 cm³/mol. The third-order valence-corrected chi connectivity index (χ3v) is 4.54. The van der Waals surface area contributed by atoms with E-state index >= 15 is 0 Å². The first kappa shape index (κ1) is 12.0. The van der Waals surface area contributed by atoms with Gasteiger partial charge >= 0.3 is 0 Å². The van der Waals surface area contributed by atoms with Crippen LogP contribution < -0.4 is 0 Å². The van der Waals surface area contributed by atoms with Crippen molar-refractivity contribution in [3.63, 3.8) is 0 Å². The van der Waals surface area contributed by atoms with Gasteiger partial charge in [-0.1, -0.05) is 49.4 Å². The largest absolute Gasteiger partial charge is 0.369 e. The van der Waals surface area contributed by atoms with E-state index in [1.807, 2.05) is 0 Å². The minimum absolute atomic E-state index is 0.227. The van der Waals surface area contributed by atoms with Gasteiger partial charge in [-0.15, -0.1) is 0 Å². The van der Waals surface area contributed by atoms with Crippen molar-refractivity contribution in [2.75, 3.05) is 0 Å². The molecular weight excluding hydrogens is 220 g/mol. The molecule has 1 saturated carbocycles. The summed E-state index contributed by atoms with van der Waals surface area (Å²) in [4.78, 5) is 0. The molecule has 1 nitrogen and oxygen atoms in total. The molecular formula is C17H22O. The van der Waals surface area contributed by atoms with Crippen molar-refractivity contribution in [3.05, 3.63) is 48.0 Å². The average molecular weight is 242 g/mol. The van der Waals surface area contributed by atoms with Crippen molar-refractivity contribution in [1.29, 1.82) is 0 Å². The van der Waals surface area contributed by atoms with Crippen molar-refractivity contribution in [1.82, 2.24) is 0 Å². The number of hydrogen-bond acceptors (Lipinski definition) is 1. The first-order chi connectivity index (χ1) is 8.74. The normalized spacial score (nSPS) is 36.2. The van der Waals surface area contributed by atoms with Gasteiger partial charge < -0.3 is 4.74 Å². The molecule has 0 aromatic heterocycles.